The zero-order valence-corrected chi connectivity index (χ0v) is 7.64. The number of Topliss-reactive ketones (excluding diaryl/α,β-unsaturated/α-hetero) is 1. The zero-order valence-electron chi connectivity index (χ0n) is 5.64. The number of rotatable bonds is 3. The Balaban J connectivity index is 4.99. The molecule has 0 aliphatic heterocycles. The van der Waals surface area contributed by atoms with E-state index in [1.165, 1.54) is 0 Å². The first-order chi connectivity index (χ1) is 4.83. The number of thiol groups is 1. The van der Waals surface area contributed by atoms with Crippen LogP contribution < -0.4 is 5.73 Å². The van der Waals surface area contributed by atoms with Crippen LogP contribution in [0.3, 0.4) is 0 Å². The summed E-state index contributed by atoms with van der Waals surface area (Å²) >= 11 is 6.84. The van der Waals surface area contributed by atoms with Gasteiger partial charge in [-0.1, -0.05) is 0 Å². The molecule has 0 heterocycles. The Bertz CT molecular complexity index is 192. The Hall–Kier alpha value is -0.161. The summed E-state index contributed by atoms with van der Waals surface area (Å²) in [5.41, 5.74) is 3.15. The Morgan fingerprint density at radius 1 is 1.64 bits per heavy atom. The molecule has 0 saturated carbocycles. The Labute approximate surface area is 76.9 Å². The van der Waals surface area contributed by atoms with E-state index in [-0.39, 0.29) is 3.75 Å². The van der Waals surface area contributed by atoms with Crippen molar-refractivity contribution in [1.29, 1.82) is 0 Å². The molecule has 0 amide bonds. The van der Waals surface area contributed by atoms with Crippen molar-refractivity contribution in [2.45, 2.75) is 12.5 Å². The first-order valence-corrected chi connectivity index (χ1v) is 3.57. The van der Waals surface area contributed by atoms with Gasteiger partial charge in [0.1, 0.15) is 0 Å². The van der Waals surface area contributed by atoms with Gasteiger partial charge >= 0.3 is 76.6 Å². The summed E-state index contributed by atoms with van der Waals surface area (Å²) in [6.07, 6.45) is 0. The maximum atomic E-state index is 10.7. The van der Waals surface area contributed by atoms with Crippen molar-refractivity contribution in [3.8, 4) is 0 Å². The van der Waals surface area contributed by atoms with E-state index in [0.29, 0.717) is 0 Å². The quantitative estimate of drug-likeness (QED) is 0.320. The van der Waals surface area contributed by atoms with Gasteiger partial charge in [0.15, 0.2) is 0 Å². The third-order valence-electron chi connectivity index (χ3n) is 1.21. The van der Waals surface area contributed by atoms with E-state index in [0.717, 1.165) is 6.92 Å². The second-order valence-electron chi connectivity index (χ2n) is 1.95. The summed E-state index contributed by atoms with van der Waals surface area (Å²) in [5, 5.41) is 8.52. The van der Waals surface area contributed by atoms with E-state index >= 15 is 0 Å². The van der Waals surface area contributed by atoms with Crippen LogP contribution in [-0.4, -0.2) is 26.1 Å². The third kappa shape index (κ3) is 1.90. The standard InChI is InChI=1S/C5H7NO3S.Fe/c1-3(7)5(6,2-10)4(8)9;/h10H,6H2,1H3,(H,8,9);/q;+1. The molecule has 0 aliphatic carbocycles. The molecule has 4 nitrogen and oxygen atoms in total. The summed E-state index contributed by atoms with van der Waals surface area (Å²) in [4.78, 5) is 21.2. The van der Waals surface area contributed by atoms with Gasteiger partial charge in [-0.05, 0) is 0 Å². The second kappa shape index (κ2) is 3.49. The fourth-order valence-electron chi connectivity index (χ4n) is 0.377. The van der Waals surface area contributed by atoms with E-state index in [4.69, 9.17) is 10.8 Å². The van der Waals surface area contributed by atoms with Crippen LogP contribution in [-0.2, 0) is 25.2 Å². The van der Waals surface area contributed by atoms with Gasteiger partial charge < -0.3 is 0 Å². The monoisotopic (exact) mass is 217 g/mol. The van der Waals surface area contributed by atoms with Gasteiger partial charge in [-0.3, -0.25) is 0 Å². The van der Waals surface area contributed by atoms with Crippen LogP contribution in [0.2, 0.25) is 0 Å². The van der Waals surface area contributed by atoms with E-state index < -0.39 is 17.3 Å². The van der Waals surface area contributed by atoms with Crippen LogP contribution in [0.1, 0.15) is 6.92 Å². The molecule has 11 heavy (non-hydrogen) atoms. The molecule has 0 aromatic carbocycles. The Kier molecular flexibility index (Phi) is 3.44. The van der Waals surface area contributed by atoms with Crippen molar-refractivity contribution >= 4 is 28.1 Å². The number of carbonyl (C=O) groups excluding carboxylic acids is 1. The molecule has 0 spiro atoms. The van der Waals surface area contributed by atoms with Crippen molar-refractivity contribution in [2.75, 3.05) is 0 Å². The Morgan fingerprint density at radius 3 is 2.00 bits per heavy atom. The normalized spacial score (nSPS) is 15.2. The molecule has 0 fully saturated rings. The number of aliphatic carboxylic acids is 1. The molecule has 6 heteroatoms. The van der Waals surface area contributed by atoms with Crippen LogP contribution in [0.15, 0.2) is 0 Å². The van der Waals surface area contributed by atoms with E-state index in [9.17, 15) is 9.59 Å². The van der Waals surface area contributed by atoms with Crippen molar-refractivity contribution in [2.24, 2.45) is 5.73 Å². The van der Waals surface area contributed by atoms with E-state index in [1.54, 1.807) is 0 Å². The summed E-state index contributed by atoms with van der Waals surface area (Å²) in [6, 6.07) is 0. The number of carbonyl (C=O) groups is 2. The van der Waals surface area contributed by atoms with Crippen molar-refractivity contribution in [1.82, 2.24) is 0 Å². The van der Waals surface area contributed by atoms with Gasteiger partial charge in [-0.25, -0.2) is 0 Å². The van der Waals surface area contributed by atoms with Crippen molar-refractivity contribution in [3.63, 3.8) is 0 Å². The van der Waals surface area contributed by atoms with Crippen LogP contribution in [0.4, 0.5) is 0 Å². The molecule has 0 radical (unpaired) electrons. The molecule has 0 saturated heterocycles. The minimum atomic E-state index is -2.05. The predicted octanol–water partition coefficient (Wildman–Crippen LogP) is -1.04. The number of hydrogen-bond donors (Lipinski definition) is 3. The van der Waals surface area contributed by atoms with Crippen LogP contribution in [0, 0.1) is 0 Å². The van der Waals surface area contributed by atoms with Crippen LogP contribution >= 0.6 is 12.6 Å². The van der Waals surface area contributed by atoms with E-state index in [2.05, 4.69) is 28.2 Å². The van der Waals surface area contributed by atoms with Gasteiger partial charge in [0.05, 0.1) is 0 Å². The van der Waals surface area contributed by atoms with Crippen molar-refractivity contribution in [3.05, 3.63) is 0 Å². The maximum absolute atomic E-state index is 10.7. The number of ketones is 1. The molecular formula is C5H7FeNO3S+. The first-order valence-electron chi connectivity index (χ1n) is 2.57. The zero-order chi connectivity index (χ0) is 9.23. The minimum absolute atomic E-state index is 0.169. The van der Waals surface area contributed by atoms with Crippen LogP contribution in [0.25, 0.3) is 0 Å². The molecule has 0 aliphatic rings. The first kappa shape index (κ1) is 10.8. The second-order valence-corrected chi connectivity index (χ2v) is 3.35. The van der Waals surface area contributed by atoms with Gasteiger partial charge in [0.25, 0.3) is 0 Å². The number of carboxylic acids is 1. The molecule has 0 rings (SSSR count). The molecule has 1 atom stereocenters. The average Bonchev–Trinajstić information content (AvgIpc) is 1.84. The topological polar surface area (TPSA) is 80.4 Å². The summed E-state index contributed by atoms with van der Waals surface area (Å²) < 4.78 is -0.169. The SMILES string of the molecule is CC(=O)C(N)(C(=O)O)[C](S)=[Fe+]. The van der Waals surface area contributed by atoms with Gasteiger partial charge in [0.2, 0.25) is 0 Å². The average molecular weight is 217 g/mol. The summed E-state index contributed by atoms with van der Waals surface area (Å²) in [7, 11) is 0. The Morgan fingerprint density at radius 2 is 2.00 bits per heavy atom. The van der Waals surface area contributed by atoms with E-state index in [1.807, 2.05) is 0 Å². The molecule has 1 unspecified atom stereocenters. The molecule has 0 bridgehead atoms. The third-order valence-corrected chi connectivity index (χ3v) is 2.00. The fourth-order valence-corrected chi connectivity index (χ4v) is 0.943. The molecular weight excluding hydrogens is 210 g/mol. The number of hydrogen-bond acceptors (Lipinski definition) is 4. The van der Waals surface area contributed by atoms with Gasteiger partial charge in [-0.15, -0.1) is 0 Å². The summed E-state index contributed by atoms with van der Waals surface area (Å²) in [5.74, 6) is -2.13. The predicted molar refractivity (Wildman–Crippen MR) is 39.2 cm³/mol. The van der Waals surface area contributed by atoms with Gasteiger partial charge in [0, 0.05) is 0 Å². The number of nitrogens with two attached hydrogens (primary N) is 1. The number of carboxylic acid groups (broad SMARTS) is 1. The summed E-state index contributed by atoms with van der Waals surface area (Å²) in [6.45, 7) is 1.08. The fraction of sp³-hybridized carbons (Fsp3) is 0.400. The molecule has 0 aromatic heterocycles. The van der Waals surface area contributed by atoms with Gasteiger partial charge in [-0.2, -0.15) is 0 Å². The van der Waals surface area contributed by atoms with Crippen molar-refractivity contribution < 1.29 is 30.3 Å². The molecule has 0 aromatic rings. The molecule has 3 N–H and O–H groups in total. The molecule has 63 valence electrons. The van der Waals surface area contributed by atoms with Crippen LogP contribution in [0.5, 0.6) is 0 Å².